The highest BCUT2D eigenvalue weighted by atomic mass is 32.2. The fourth-order valence-electron chi connectivity index (χ4n) is 5.24. The minimum Gasteiger partial charge on any atom is -0.355 e. The van der Waals surface area contributed by atoms with Crippen LogP contribution in [-0.2, 0) is 19.9 Å². The Bertz CT molecular complexity index is 1850. The Morgan fingerprint density at radius 2 is 1.83 bits per heavy atom. The van der Waals surface area contributed by atoms with Gasteiger partial charge in [0.15, 0.2) is 5.82 Å². The number of nitrogens with zero attached hydrogens (tertiary/aromatic N) is 6. The van der Waals surface area contributed by atoms with Gasteiger partial charge in [0.1, 0.15) is 21.5 Å². The first-order chi connectivity index (χ1) is 19.4. The van der Waals surface area contributed by atoms with E-state index in [1.165, 1.54) is 18.6 Å². The Morgan fingerprint density at radius 3 is 2.51 bits per heavy atom. The van der Waals surface area contributed by atoms with Gasteiger partial charge in [-0.3, -0.25) is 0 Å². The van der Waals surface area contributed by atoms with Crippen LogP contribution in [0.4, 0.5) is 17.3 Å². The monoisotopic (exact) mass is 596 g/mol. The molecule has 2 fully saturated rings. The minimum absolute atomic E-state index is 0.0665. The lowest BCUT2D eigenvalue weighted by molar-refractivity contribution is 0.328. The molecule has 1 aromatic carbocycles. The Morgan fingerprint density at radius 1 is 1.05 bits per heavy atom. The van der Waals surface area contributed by atoms with Crippen LogP contribution in [0.3, 0.4) is 0 Å². The van der Waals surface area contributed by atoms with Crippen molar-refractivity contribution in [3.8, 4) is 11.4 Å². The van der Waals surface area contributed by atoms with Crippen molar-refractivity contribution in [2.75, 3.05) is 28.8 Å². The van der Waals surface area contributed by atoms with Gasteiger partial charge in [0.25, 0.3) is 10.0 Å². The summed E-state index contributed by atoms with van der Waals surface area (Å²) in [6.45, 7) is 4.81. The van der Waals surface area contributed by atoms with Gasteiger partial charge in [0, 0.05) is 42.2 Å². The van der Waals surface area contributed by atoms with Gasteiger partial charge in [-0.15, -0.1) is 0 Å². The number of sulfone groups is 1. The van der Waals surface area contributed by atoms with Crippen LogP contribution in [0, 0.1) is 5.92 Å². The number of aromatic nitrogens is 5. The number of hydrogen-bond acceptors (Lipinski definition) is 11. The summed E-state index contributed by atoms with van der Waals surface area (Å²) in [5.74, 6) is 1.61. The van der Waals surface area contributed by atoms with Crippen LogP contribution < -0.4 is 16.0 Å². The average molecular weight is 597 g/mol. The molecule has 3 aromatic heterocycles. The molecule has 1 saturated heterocycles. The van der Waals surface area contributed by atoms with Crippen molar-refractivity contribution >= 4 is 48.0 Å². The molecule has 0 unspecified atom stereocenters. The average Bonchev–Trinajstić information content (AvgIpc) is 3.66. The molecule has 41 heavy (non-hydrogen) atoms. The summed E-state index contributed by atoms with van der Waals surface area (Å²) in [6.07, 6.45) is 8.43. The van der Waals surface area contributed by atoms with Crippen molar-refractivity contribution in [2.24, 2.45) is 11.7 Å². The first kappa shape index (κ1) is 27.5. The van der Waals surface area contributed by atoms with E-state index in [1.54, 1.807) is 18.5 Å². The van der Waals surface area contributed by atoms with E-state index >= 15 is 0 Å². The van der Waals surface area contributed by atoms with Crippen molar-refractivity contribution in [2.45, 2.75) is 44.0 Å². The molecule has 0 radical (unpaired) electrons. The van der Waals surface area contributed by atoms with Gasteiger partial charge in [-0.2, -0.15) is 9.19 Å². The summed E-state index contributed by atoms with van der Waals surface area (Å²) in [7, 11) is -6.59. The maximum absolute atomic E-state index is 12.5. The summed E-state index contributed by atoms with van der Waals surface area (Å²) in [6, 6.07) is 7.79. The largest absolute Gasteiger partial charge is 0.355 e. The number of nitrogens with one attached hydrogen (secondary N) is 1. The molecular weight excluding hydrogens is 564 g/mol. The van der Waals surface area contributed by atoms with Gasteiger partial charge in [0.2, 0.25) is 0 Å². The molecule has 0 amide bonds. The molecule has 1 aliphatic heterocycles. The normalized spacial score (nSPS) is 19.5. The Labute approximate surface area is 239 Å². The quantitative estimate of drug-likeness (QED) is 0.292. The van der Waals surface area contributed by atoms with Crippen LogP contribution in [0.25, 0.3) is 22.2 Å². The fourth-order valence-corrected chi connectivity index (χ4v) is 7.80. The minimum atomic E-state index is -3.48. The first-order valence-electron chi connectivity index (χ1n) is 13.4. The third-order valence-electron chi connectivity index (χ3n) is 7.57. The van der Waals surface area contributed by atoms with E-state index in [-0.39, 0.29) is 22.8 Å². The highest BCUT2D eigenvalue weighted by Gasteiger charge is 2.39. The zero-order chi connectivity index (χ0) is 29.1. The molecule has 2 atom stereocenters. The van der Waals surface area contributed by atoms with Crippen LogP contribution >= 0.6 is 0 Å². The second-order valence-corrected chi connectivity index (χ2v) is 15.4. The smallest absolute Gasteiger partial charge is 0.256 e. The maximum atomic E-state index is 12.5. The highest BCUT2D eigenvalue weighted by Crippen LogP contribution is 2.38. The molecule has 12 nitrogen and oxygen atoms in total. The predicted octanol–water partition coefficient (Wildman–Crippen LogP) is 2.86. The lowest BCUT2D eigenvalue weighted by Crippen LogP contribution is -2.63. The first-order valence-corrected chi connectivity index (χ1v) is 17.0. The van der Waals surface area contributed by atoms with Crippen LogP contribution in [0.1, 0.15) is 38.2 Å². The molecule has 1 aliphatic carbocycles. The van der Waals surface area contributed by atoms with E-state index in [4.69, 9.17) is 5.73 Å². The third-order valence-corrected chi connectivity index (χ3v) is 10.6. The maximum Gasteiger partial charge on any atom is 0.256 e. The van der Waals surface area contributed by atoms with Gasteiger partial charge >= 0.3 is 0 Å². The molecule has 0 bridgehead atoms. The van der Waals surface area contributed by atoms with Gasteiger partial charge in [0.05, 0.1) is 35.1 Å². The molecule has 4 aromatic rings. The van der Waals surface area contributed by atoms with E-state index in [0.717, 1.165) is 26.1 Å². The van der Waals surface area contributed by atoms with Crippen LogP contribution in [0.15, 0.2) is 49.1 Å². The second-order valence-electron chi connectivity index (χ2n) is 11.2. The van der Waals surface area contributed by atoms with Crippen molar-refractivity contribution in [3.63, 3.8) is 0 Å². The Balaban J connectivity index is 1.28. The van der Waals surface area contributed by atoms with Gasteiger partial charge in [-0.1, -0.05) is 19.9 Å². The summed E-state index contributed by atoms with van der Waals surface area (Å²) in [4.78, 5) is 15.5. The zero-order valence-electron chi connectivity index (χ0n) is 23.0. The lowest BCUT2D eigenvalue weighted by atomic mass is 9.92. The highest BCUT2D eigenvalue weighted by molar-refractivity contribution is 7.90. The summed E-state index contributed by atoms with van der Waals surface area (Å²) < 4.78 is 49.6. The SMILES string of the molecule is CC(C)c1ccc(N2C[C@H](CS(C)(=O)=O)[C@H]2N)c2cnc(Nc3ccnc(-c4cnn(S(=O)(=O)C5CC5)c4)n3)cc12. The number of hydrogen-bond donors (Lipinski definition) is 2. The molecule has 14 heteroatoms. The van der Waals surface area contributed by atoms with Crippen LogP contribution in [-0.4, -0.2) is 70.9 Å². The molecule has 216 valence electrons. The number of nitrogens with two attached hydrogens (primary N) is 1. The molecule has 6 rings (SSSR count). The van der Waals surface area contributed by atoms with Crippen molar-refractivity contribution in [1.29, 1.82) is 0 Å². The topological polar surface area (TPSA) is 166 Å². The molecule has 3 N–H and O–H groups in total. The summed E-state index contributed by atoms with van der Waals surface area (Å²) in [5, 5.41) is 8.85. The van der Waals surface area contributed by atoms with Gasteiger partial charge < -0.3 is 16.0 Å². The summed E-state index contributed by atoms with van der Waals surface area (Å²) >= 11 is 0. The number of anilines is 3. The molecule has 0 spiro atoms. The van der Waals surface area contributed by atoms with Crippen LogP contribution in [0.5, 0.6) is 0 Å². The molecule has 4 heterocycles. The number of rotatable bonds is 9. The van der Waals surface area contributed by atoms with Gasteiger partial charge in [-0.25, -0.2) is 31.8 Å². The van der Waals surface area contributed by atoms with E-state index in [2.05, 4.69) is 45.3 Å². The molecular formula is C27H32N8O4S2. The van der Waals surface area contributed by atoms with Crippen molar-refractivity contribution in [3.05, 3.63) is 54.6 Å². The van der Waals surface area contributed by atoms with Gasteiger partial charge in [-0.05, 0) is 47.9 Å². The number of pyridine rings is 1. The van der Waals surface area contributed by atoms with E-state index in [0.29, 0.717) is 42.4 Å². The molecule has 2 aliphatic rings. The van der Waals surface area contributed by atoms with Crippen molar-refractivity contribution < 1.29 is 16.8 Å². The predicted molar refractivity (Wildman–Crippen MR) is 158 cm³/mol. The zero-order valence-corrected chi connectivity index (χ0v) is 24.6. The Kier molecular flexibility index (Phi) is 6.74. The number of fused-ring (bicyclic) bond motifs is 1. The molecule has 1 saturated carbocycles. The summed E-state index contributed by atoms with van der Waals surface area (Å²) in [5.41, 5.74) is 8.97. The van der Waals surface area contributed by atoms with E-state index < -0.39 is 26.0 Å². The van der Waals surface area contributed by atoms with Crippen LogP contribution in [0.2, 0.25) is 0 Å². The standard InChI is InChI=1S/C27H32N8O4S2/c1-16(2)20-6-7-23(34-13-18(26(34)28)15-40(3,36)37)22-12-30-25(10-21(20)22)32-24-8-9-29-27(33-24)17-11-31-35(14-17)41(38,39)19-4-5-19/h6-12,14,16,18-19,26H,4-5,13,15,28H2,1-3H3,(H,29,30,32,33)/t18-,26+/m1/s1. The third kappa shape index (κ3) is 5.38. The van der Waals surface area contributed by atoms with E-state index in [9.17, 15) is 16.8 Å². The fraction of sp³-hybridized carbons (Fsp3) is 0.407. The Hall–Kier alpha value is -3.62. The van der Waals surface area contributed by atoms with Crippen molar-refractivity contribution in [1.82, 2.24) is 24.1 Å². The number of benzene rings is 1. The van der Waals surface area contributed by atoms with E-state index in [1.807, 2.05) is 17.0 Å². The second kappa shape index (κ2) is 10.0. The lowest BCUT2D eigenvalue weighted by Gasteiger charge is -2.47.